The lowest BCUT2D eigenvalue weighted by Gasteiger charge is -2.31. The number of piperidine rings is 1. The van der Waals surface area contributed by atoms with Gasteiger partial charge < -0.3 is 0 Å². The number of likely N-dealkylation sites (tertiary alicyclic amines) is 1. The van der Waals surface area contributed by atoms with E-state index in [0.717, 1.165) is 36.6 Å². The van der Waals surface area contributed by atoms with E-state index >= 15 is 0 Å². The highest BCUT2D eigenvalue weighted by Gasteiger charge is 2.20. The van der Waals surface area contributed by atoms with Gasteiger partial charge in [-0.2, -0.15) is 0 Å². The Morgan fingerprint density at radius 1 is 0.957 bits per heavy atom. The highest BCUT2D eigenvalue weighted by molar-refractivity contribution is 5.67. The first-order valence-corrected chi connectivity index (χ1v) is 7.91. The van der Waals surface area contributed by atoms with Crippen LogP contribution in [-0.4, -0.2) is 34.5 Å². The van der Waals surface area contributed by atoms with Gasteiger partial charge in [-0.1, -0.05) is 25.6 Å². The van der Waals surface area contributed by atoms with Crippen molar-refractivity contribution in [3.8, 4) is 0 Å². The molecule has 116 valence electrons. The fourth-order valence-electron chi connectivity index (χ4n) is 2.70. The van der Waals surface area contributed by atoms with Crippen LogP contribution in [0, 0.1) is 0 Å². The molecule has 1 aliphatic heterocycles. The second-order valence-electron chi connectivity index (χ2n) is 5.63. The predicted octanol–water partition coefficient (Wildman–Crippen LogP) is 3.84. The minimum Gasteiger partial charge on any atom is -0.295 e. The summed E-state index contributed by atoms with van der Waals surface area (Å²) >= 11 is 0. The fraction of sp³-hybridized carbons (Fsp3) is 0.200. The number of rotatable bonds is 3. The van der Waals surface area contributed by atoms with Crippen molar-refractivity contribution in [2.24, 2.45) is 0 Å². The third kappa shape index (κ3) is 3.82. The minimum absolute atomic E-state index is 0.908. The van der Waals surface area contributed by atoms with E-state index in [4.69, 9.17) is 0 Å². The quantitative estimate of drug-likeness (QED) is 0.863. The van der Waals surface area contributed by atoms with E-state index in [1.54, 1.807) is 0 Å². The van der Waals surface area contributed by atoms with E-state index < -0.39 is 0 Å². The van der Waals surface area contributed by atoms with Crippen LogP contribution in [0.3, 0.4) is 0 Å². The highest BCUT2D eigenvalue weighted by Crippen LogP contribution is 2.28. The first-order valence-electron chi connectivity index (χ1n) is 7.91. The Kier molecular flexibility index (Phi) is 4.79. The lowest BCUT2D eigenvalue weighted by atomic mass is 9.92. The maximum absolute atomic E-state index is 4.40. The minimum atomic E-state index is 0.908. The molecule has 0 aromatic carbocycles. The summed E-state index contributed by atoms with van der Waals surface area (Å²) in [6.07, 6.45) is 7.91. The molecule has 1 aliphatic rings. The van der Waals surface area contributed by atoms with E-state index in [1.165, 1.54) is 11.1 Å². The lowest BCUT2D eigenvalue weighted by Crippen LogP contribution is -2.33. The molecule has 0 aliphatic carbocycles. The van der Waals surface area contributed by atoms with Crippen LogP contribution >= 0.6 is 0 Å². The third-order valence-corrected chi connectivity index (χ3v) is 4.03. The molecule has 2 aromatic heterocycles. The molecule has 0 spiro atoms. The standard InChI is InChI=1S/C20H21N3/c1-3-23-14-17(12-19-8-4-6-10-21-19)16(2)18(15-23)13-20-9-5-7-11-22-20/h4-13H,2-3,14-15H2,1H3/b17-12+,18-13+. The molecule has 0 amide bonds. The molecule has 3 nitrogen and oxygen atoms in total. The van der Waals surface area contributed by atoms with Gasteiger partial charge in [0.1, 0.15) is 0 Å². The van der Waals surface area contributed by atoms with Crippen molar-refractivity contribution in [1.29, 1.82) is 0 Å². The van der Waals surface area contributed by atoms with Gasteiger partial charge in [0.15, 0.2) is 0 Å². The van der Waals surface area contributed by atoms with Crippen LogP contribution < -0.4 is 0 Å². The van der Waals surface area contributed by atoms with E-state index in [1.807, 2.05) is 48.8 Å². The molecule has 3 heterocycles. The zero-order valence-electron chi connectivity index (χ0n) is 13.4. The van der Waals surface area contributed by atoms with Crippen LogP contribution in [0.4, 0.5) is 0 Å². The highest BCUT2D eigenvalue weighted by atomic mass is 15.1. The van der Waals surface area contributed by atoms with E-state index in [2.05, 4.69) is 40.5 Å². The summed E-state index contributed by atoms with van der Waals surface area (Å²) in [5.74, 6) is 0. The van der Waals surface area contributed by atoms with Crippen molar-refractivity contribution in [1.82, 2.24) is 14.9 Å². The summed E-state index contributed by atoms with van der Waals surface area (Å²) in [4.78, 5) is 11.2. The number of pyridine rings is 2. The van der Waals surface area contributed by atoms with Crippen LogP contribution in [-0.2, 0) is 0 Å². The zero-order valence-corrected chi connectivity index (χ0v) is 13.4. The van der Waals surface area contributed by atoms with Crippen LogP contribution in [0.5, 0.6) is 0 Å². The Bertz CT molecular complexity index is 668. The van der Waals surface area contributed by atoms with Crippen LogP contribution in [0.2, 0.25) is 0 Å². The van der Waals surface area contributed by atoms with Crippen molar-refractivity contribution in [3.05, 3.63) is 83.5 Å². The van der Waals surface area contributed by atoms with Crippen molar-refractivity contribution < 1.29 is 0 Å². The van der Waals surface area contributed by atoms with Crippen molar-refractivity contribution in [2.45, 2.75) is 6.92 Å². The lowest BCUT2D eigenvalue weighted by molar-refractivity contribution is 0.332. The number of nitrogens with zero attached hydrogens (tertiary/aromatic N) is 3. The van der Waals surface area contributed by atoms with Crippen molar-refractivity contribution in [2.75, 3.05) is 19.6 Å². The van der Waals surface area contributed by atoms with E-state index in [9.17, 15) is 0 Å². The average molecular weight is 303 g/mol. The van der Waals surface area contributed by atoms with E-state index in [-0.39, 0.29) is 0 Å². The van der Waals surface area contributed by atoms with Gasteiger partial charge in [0.05, 0.1) is 11.4 Å². The summed E-state index contributed by atoms with van der Waals surface area (Å²) in [6, 6.07) is 11.9. The molecule has 0 unspecified atom stereocenters. The second kappa shape index (κ2) is 7.16. The van der Waals surface area contributed by atoms with Gasteiger partial charge in [0, 0.05) is 25.5 Å². The van der Waals surface area contributed by atoms with Gasteiger partial charge in [0.2, 0.25) is 0 Å². The Morgan fingerprint density at radius 3 is 1.87 bits per heavy atom. The zero-order chi connectivity index (χ0) is 16.1. The predicted molar refractivity (Wildman–Crippen MR) is 95.7 cm³/mol. The molecule has 0 bridgehead atoms. The smallest absolute Gasteiger partial charge is 0.0633 e. The second-order valence-corrected chi connectivity index (χ2v) is 5.63. The molecule has 23 heavy (non-hydrogen) atoms. The Morgan fingerprint density at radius 2 is 1.48 bits per heavy atom. The Balaban J connectivity index is 1.94. The number of aromatic nitrogens is 2. The third-order valence-electron chi connectivity index (χ3n) is 4.03. The summed E-state index contributed by atoms with van der Waals surface area (Å²) in [6.45, 7) is 9.33. The number of hydrogen-bond acceptors (Lipinski definition) is 3. The molecule has 1 fully saturated rings. The molecule has 0 N–H and O–H groups in total. The van der Waals surface area contributed by atoms with Gasteiger partial charge in [-0.15, -0.1) is 0 Å². The topological polar surface area (TPSA) is 29.0 Å². The maximum Gasteiger partial charge on any atom is 0.0633 e. The fourth-order valence-corrected chi connectivity index (χ4v) is 2.70. The molecule has 0 radical (unpaired) electrons. The number of hydrogen-bond donors (Lipinski definition) is 0. The molecular formula is C20H21N3. The maximum atomic E-state index is 4.40. The van der Waals surface area contributed by atoms with Gasteiger partial charge in [-0.25, -0.2) is 0 Å². The number of likely N-dealkylation sites (N-methyl/N-ethyl adjacent to an activating group) is 1. The SMILES string of the molecule is C=C1/C(=C/c2ccccn2)CN(CC)C/C1=C\c1ccccn1. The molecule has 0 atom stereocenters. The Labute approximate surface area is 137 Å². The Hall–Kier alpha value is -2.52. The summed E-state index contributed by atoms with van der Waals surface area (Å²) in [7, 11) is 0. The van der Waals surface area contributed by atoms with Crippen LogP contribution in [0.25, 0.3) is 12.2 Å². The van der Waals surface area contributed by atoms with Gasteiger partial charge in [0.25, 0.3) is 0 Å². The molecule has 3 rings (SSSR count). The summed E-state index contributed by atoms with van der Waals surface area (Å²) < 4.78 is 0. The molecule has 0 saturated carbocycles. The first kappa shape index (κ1) is 15.4. The molecule has 1 saturated heterocycles. The summed E-state index contributed by atoms with van der Waals surface area (Å²) in [5, 5.41) is 0. The molecular weight excluding hydrogens is 282 g/mol. The molecule has 2 aromatic rings. The monoisotopic (exact) mass is 303 g/mol. The largest absolute Gasteiger partial charge is 0.295 e. The van der Waals surface area contributed by atoms with Gasteiger partial charge in [-0.3, -0.25) is 14.9 Å². The first-order chi connectivity index (χ1) is 11.3. The molecule has 3 heteroatoms. The van der Waals surface area contributed by atoms with Crippen molar-refractivity contribution in [3.63, 3.8) is 0 Å². The van der Waals surface area contributed by atoms with Crippen LogP contribution in [0.15, 0.2) is 72.1 Å². The average Bonchev–Trinajstić information content (AvgIpc) is 2.60. The summed E-state index contributed by atoms with van der Waals surface area (Å²) in [5.41, 5.74) is 5.47. The van der Waals surface area contributed by atoms with Gasteiger partial charge in [-0.05, 0) is 59.7 Å². The van der Waals surface area contributed by atoms with Crippen LogP contribution in [0.1, 0.15) is 18.3 Å². The normalized spacial score (nSPS) is 19.4. The van der Waals surface area contributed by atoms with E-state index in [0.29, 0.717) is 0 Å². The van der Waals surface area contributed by atoms with Crippen molar-refractivity contribution >= 4 is 12.2 Å². The van der Waals surface area contributed by atoms with Gasteiger partial charge >= 0.3 is 0 Å².